The van der Waals surface area contributed by atoms with E-state index in [2.05, 4.69) is 10.6 Å². The molecule has 6 nitrogen and oxygen atoms in total. The molecule has 2 N–H and O–H groups in total. The topological polar surface area (TPSA) is 70.7 Å². The Kier molecular flexibility index (Phi) is 5.94. The highest BCUT2D eigenvalue weighted by atomic mass is 16.5. The number of hydrogen-bond acceptors (Lipinski definition) is 3. The smallest absolute Gasteiger partial charge is 0.320 e. The van der Waals surface area contributed by atoms with E-state index in [0.717, 1.165) is 28.0 Å². The Morgan fingerprint density at radius 1 is 1.00 bits per heavy atom. The third-order valence-corrected chi connectivity index (χ3v) is 5.46. The summed E-state index contributed by atoms with van der Waals surface area (Å²) in [7, 11) is 3.29. The molecule has 0 aromatic heterocycles. The number of nitrogens with zero attached hydrogens (tertiary/aromatic N) is 1. The second kappa shape index (κ2) is 8.98. The van der Waals surface area contributed by atoms with Gasteiger partial charge in [0.05, 0.1) is 12.8 Å². The molecule has 32 heavy (non-hydrogen) atoms. The van der Waals surface area contributed by atoms with Crippen LogP contribution < -0.4 is 20.3 Å². The SMILES string of the molecule is COc1cccc(NC(=O)NC2C=C(c3ccc(C)cc3)c3ccccc3N(C)C2=O)c1. The van der Waals surface area contributed by atoms with Crippen molar-refractivity contribution in [2.45, 2.75) is 13.0 Å². The van der Waals surface area contributed by atoms with E-state index >= 15 is 0 Å². The van der Waals surface area contributed by atoms with Crippen LogP contribution in [0.4, 0.5) is 16.2 Å². The predicted octanol–water partition coefficient (Wildman–Crippen LogP) is 4.60. The van der Waals surface area contributed by atoms with Gasteiger partial charge in [-0.3, -0.25) is 4.79 Å². The lowest BCUT2D eigenvalue weighted by Crippen LogP contribution is -2.47. The fourth-order valence-corrected chi connectivity index (χ4v) is 3.75. The van der Waals surface area contributed by atoms with E-state index in [1.165, 1.54) is 0 Å². The van der Waals surface area contributed by atoms with E-state index in [0.29, 0.717) is 11.4 Å². The van der Waals surface area contributed by atoms with Gasteiger partial charge in [-0.05, 0) is 42.3 Å². The Bertz CT molecular complexity index is 1180. The third kappa shape index (κ3) is 4.34. The summed E-state index contributed by atoms with van der Waals surface area (Å²) >= 11 is 0. The summed E-state index contributed by atoms with van der Waals surface area (Å²) in [4.78, 5) is 27.6. The van der Waals surface area contributed by atoms with E-state index in [9.17, 15) is 9.59 Å². The molecule has 3 aromatic rings. The van der Waals surface area contributed by atoms with Gasteiger partial charge in [0.2, 0.25) is 0 Å². The molecule has 6 heteroatoms. The standard InChI is InChI=1S/C26H25N3O3/c1-17-11-13-18(14-12-17)22-16-23(25(30)29(2)24-10-5-4-9-21(22)24)28-26(31)27-19-7-6-8-20(15-19)32-3/h4-16,23H,1-3H3,(H2,27,28,31). The maximum atomic E-state index is 13.2. The van der Waals surface area contributed by atoms with Gasteiger partial charge < -0.3 is 20.3 Å². The van der Waals surface area contributed by atoms with Crippen molar-refractivity contribution in [1.29, 1.82) is 0 Å². The highest BCUT2D eigenvalue weighted by Gasteiger charge is 2.29. The second-order valence-electron chi connectivity index (χ2n) is 7.67. The summed E-state index contributed by atoms with van der Waals surface area (Å²) in [6.45, 7) is 2.03. The second-order valence-corrected chi connectivity index (χ2v) is 7.67. The van der Waals surface area contributed by atoms with Crippen LogP contribution in [0.15, 0.2) is 78.9 Å². The van der Waals surface area contributed by atoms with Crippen LogP contribution in [0.1, 0.15) is 16.7 Å². The van der Waals surface area contributed by atoms with Crippen molar-refractivity contribution in [2.75, 3.05) is 24.4 Å². The van der Waals surface area contributed by atoms with E-state index in [1.807, 2.05) is 61.5 Å². The number of benzene rings is 3. The molecule has 0 aliphatic carbocycles. The number of fused-ring (bicyclic) bond motifs is 1. The number of rotatable bonds is 4. The average molecular weight is 428 g/mol. The zero-order valence-corrected chi connectivity index (χ0v) is 18.3. The van der Waals surface area contributed by atoms with Crippen LogP contribution in [0.25, 0.3) is 5.57 Å². The van der Waals surface area contributed by atoms with Crippen molar-refractivity contribution in [3.63, 3.8) is 0 Å². The van der Waals surface area contributed by atoms with Crippen molar-refractivity contribution in [1.82, 2.24) is 5.32 Å². The molecule has 0 radical (unpaired) electrons. The summed E-state index contributed by atoms with van der Waals surface area (Å²) in [6, 6.07) is 21.6. The number of carbonyl (C=O) groups excluding carboxylic acids is 2. The normalized spacial score (nSPS) is 15.3. The molecule has 0 saturated carbocycles. The molecule has 0 bridgehead atoms. The number of hydrogen-bond donors (Lipinski definition) is 2. The van der Waals surface area contributed by atoms with Crippen molar-refractivity contribution < 1.29 is 14.3 Å². The number of carbonyl (C=O) groups is 2. The van der Waals surface area contributed by atoms with Gasteiger partial charge in [-0.2, -0.15) is 0 Å². The molecule has 4 rings (SSSR count). The Morgan fingerprint density at radius 2 is 1.75 bits per heavy atom. The van der Waals surface area contributed by atoms with Crippen LogP contribution >= 0.6 is 0 Å². The van der Waals surface area contributed by atoms with Gasteiger partial charge in [0.1, 0.15) is 11.8 Å². The van der Waals surface area contributed by atoms with Gasteiger partial charge in [-0.25, -0.2) is 4.79 Å². The average Bonchev–Trinajstić information content (AvgIpc) is 2.90. The fraction of sp³-hybridized carbons (Fsp3) is 0.154. The first kappa shape index (κ1) is 21.2. The third-order valence-electron chi connectivity index (χ3n) is 5.46. The molecule has 3 aromatic carbocycles. The maximum absolute atomic E-state index is 13.2. The lowest BCUT2D eigenvalue weighted by Gasteiger charge is -2.22. The predicted molar refractivity (Wildman–Crippen MR) is 127 cm³/mol. The fourth-order valence-electron chi connectivity index (χ4n) is 3.75. The van der Waals surface area contributed by atoms with E-state index in [-0.39, 0.29) is 5.91 Å². The number of urea groups is 1. The van der Waals surface area contributed by atoms with Gasteiger partial charge in [0.25, 0.3) is 5.91 Å². The Hall–Kier alpha value is -4.06. The van der Waals surface area contributed by atoms with E-state index in [1.54, 1.807) is 43.3 Å². The van der Waals surface area contributed by atoms with E-state index in [4.69, 9.17) is 4.74 Å². The Balaban J connectivity index is 1.68. The van der Waals surface area contributed by atoms with Crippen LogP contribution in [0.2, 0.25) is 0 Å². The van der Waals surface area contributed by atoms with Gasteiger partial charge in [0.15, 0.2) is 0 Å². The van der Waals surface area contributed by atoms with E-state index < -0.39 is 12.1 Å². The summed E-state index contributed by atoms with van der Waals surface area (Å²) in [6.07, 6.45) is 1.82. The van der Waals surface area contributed by atoms with Crippen LogP contribution in [0.3, 0.4) is 0 Å². The molecule has 0 saturated heterocycles. The molecule has 1 aliphatic rings. The lowest BCUT2D eigenvalue weighted by atomic mass is 9.95. The molecule has 0 spiro atoms. The molecule has 0 fully saturated rings. The summed E-state index contributed by atoms with van der Waals surface area (Å²) < 4.78 is 5.20. The van der Waals surface area contributed by atoms with Crippen LogP contribution in [-0.2, 0) is 4.79 Å². The Morgan fingerprint density at radius 3 is 2.50 bits per heavy atom. The number of likely N-dealkylation sites (N-methyl/N-ethyl adjacent to an activating group) is 1. The molecule has 1 aliphatic heterocycles. The number of nitrogens with one attached hydrogen (secondary N) is 2. The van der Waals surface area contributed by atoms with Crippen molar-refractivity contribution in [2.24, 2.45) is 0 Å². The largest absolute Gasteiger partial charge is 0.497 e. The van der Waals surface area contributed by atoms with Gasteiger partial charge in [0, 0.05) is 24.4 Å². The molecule has 1 unspecified atom stereocenters. The minimum absolute atomic E-state index is 0.222. The first-order valence-electron chi connectivity index (χ1n) is 10.3. The molecule has 3 amide bonds. The number of anilines is 2. The molecular weight excluding hydrogens is 402 g/mol. The summed E-state index contributed by atoms with van der Waals surface area (Å²) in [5, 5.41) is 5.59. The van der Waals surface area contributed by atoms with Crippen molar-refractivity contribution >= 4 is 28.9 Å². The molecule has 162 valence electrons. The van der Waals surface area contributed by atoms with Crippen molar-refractivity contribution in [3.05, 3.63) is 95.6 Å². The van der Waals surface area contributed by atoms with Gasteiger partial charge in [-0.15, -0.1) is 0 Å². The van der Waals surface area contributed by atoms with Crippen LogP contribution in [0.5, 0.6) is 5.75 Å². The molecule has 1 atom stereocenters. The van der Waals surface area contributed by atoms with Crippen molar-refractivity contribution in [3.8, 4) is 5.75 Å². The first-order chi connectivity index (χ1) is 15.5. The minimum atomic E-state index is -0.839. The minimum Gasteiger partial charge on any atom is -0.497 e. The van der Waals surface area contributed by atoms with Crippen LogP contribution in [-0.4, -0.2) is 32.1 Å². The monoisotopic (exact) mass is 427 g/mol. The first-order valence-corrected chi connectivity index (χ1v) is 10.3. The molecular formula is C26H25N3O3. The number of amides is 3. The maximum Gasteiger partial charge on any atom is 0.320 e. The highest BCUT2D eigenvalue weighted by molar-refractivity contribution is 6.07. The number of ether oxygens (including phenoxy) is 1. The number of methoxy groups -OCH3 is 1. The molecule has 1 heterocycles. The summed E-state index contributed by atoms with van der Waals surface area (Å²) in [5.41, 5.74) is 5.32. The highest BCUT2D eigenvalue weighted by Crippen LogP contribution is 2.34. The van der Waals surface area contributed by atoms with Gasteiger partial charge >= 0.3 is 6.03 Å². The number of aryl methyl sites for hydroxylation is 1. The zero-order valence-electron chi connectivity index (χ0n) is 18.3. The number of para-hydroxylation sites is 1. The van der Waals surface area contributed by atoms with Crippen LogP contribution in [0, 0.1) is 6.92 Å². The quantitative estimate of drug-likeness (QED) is 0.639. The Labute approximate surface area is 187 Å². The zero-order chi connectivity index (χ0) is 22.7. The van der Waals surface area contributed by atoms with Gasteiger partial charge in [-0.1, -0.05) is 54.1 Å². The summed E-state index contributed by atoms with van der Waals surface area (Å²) in [5.74, 6) is 0.408. The lowest BCUT2D eigenvalue weighted by molar-refractivity contribution is -0.119.